The molecule has 1 aromatic rings. The van der Waals surface area contributed by atoms with Crippen LogP contribution in [0.15, 0.2) is 24.3 Å². The zero-order chi connectivity index (χ0) is 14.6. The van der Waals surface area contributed by atoms with E-state index < -0.39 is 0 Å². The molecule has 0 radical (unpaired) electrons. The molecule has 0 aromatic heterocycles. The number of ether oxygens (including phenoxy) is 3. The average molecular weight is 281 g/mol. The van der Waals surface area contributed by atoms with E-state index in [1.54, 1.807) is 7.11 Å². The summed E-state index contributed by atoms with van der Waals surface area (Å²) in [5, 5.41) is 3.34. The Hall–Kier alpha value is -1.26. The first-order chi connectivity index (χ1) is 9.74. The van der Waals surface area contributed by atoms with Crippen LogP contribution in [0, 0.1) is 5.92 Å². The highest BCUT2D eigenvalue weighted by Gasteiger charge is 2.01. The molecular formula is C16H27NO3. The van der Waals surface area contributed by atoms with Crippen molar-refractivity contribution in [2.75, 3.05) is 40.0 Å². The minimum absolute atomic E-state index is 0.609. The van der Waals surface area contributed by atoms with Crippen molar-refractivity contribution < 1.29 is 14.2 Å². The van der Waals surface area contributed by atoms with Gasteiger partial charge in [0.05, 0.1) is 7.11 Å². The van der Waals surface area contributed by atoms with Crippen LogP contribution in [-0.4, -0.2) is 40.0 Å². The number of benzene rings is 1. The summed E-state index contributed by atoms with van der Waals surface area (Å²) >= 11 is 0. The van der Waals surface area contributed by atoms with Gasteiger partial charge in [-0.2, -0.15) is 0 Å². The van der Waals surface area contributed by atoms with E-state index in [2.05, 4.69) is 19.2 Å². The van der Waals surface area contributed by atoms with Crippen LogP contribution in [0.5, 0.6) is 11.5 Å². The van der Waals surface area contributed by atoms with E-state index in [-0.39, 0.29) is 0 Å². The molecule has 0 saturated carbocycles. The van der Waals surface area contributed by atoms with Crippen molar-refractivity contribution >= 4 is 0 Å². The first-order valence-corrected chi connectivity index (χ1v) is 7.28. The molecule has 0 fully saturated rings. The van der Waals surface area contributed by atoms with Crippen molar-refractivity contribution in [1.29, 1.82) is 0 Å². The maximum absolute atomic E-state index is 5.67. The Morgan fingerprint density at radius 1 is 1.05 bits per heavy atom. The second kappa shape index (κ2) is 10.5. The van der Waals surface area contributed by atoms with Crippen LogP contribution in [-0.2, 0) is 4.74 Å². The van der Waals surface area contributed by atoms with Crippen LogP contribution in [0.2, 0.25) is 0 Å². The van der Waals surface area contributed by atoms with E-state index in [0.717, 1.165) is 44.2 Å². The Kier molecular flexibility index (Phi) is 8.83. The molecule has 0 heterocycles. The smallest absolute Gasteiger partial charge is 0.161 e. The predicted molar refractivity (Wildman–Crippen MR) is 81.6 cm³/mol. The molecule has 1 N–H and O–H groups in total. The van der Waals surface area contributed by atoms with Gasteiger partial charge in [0, 0.05) is 19.8 Å². The summed E-state index contributed by atoms with van der Waals surface area (Å²) in [6.45, 7) is 8.39. The van der Waals surface area contributed by atoms with Gasteiger partial charge in [0.1, 0.15) is 6.61 Å². The van der Waals surface area contributed by atoms with Gasteiger partial charge in [0.15, 0.2) is 11.5 Å². The second-order valence-corrected chi connectivity index (χ2v) is 5.07. The molecular weight excluding hydrogens is 254 g/mol. The lowest BCUT2D eigenvalue weighted by atomic mass is 10.2. The SMILES string of the molecule is COc1ccccc1OCCNCCCOCC(C)C. The lowest BCUT2D eigenvalue weighted by molar-refractivity contribution is 0.108. The van der Waals surface area contributed by atoms with E-state index in [9.17, 15) is 0 Å². The minimum atomic E-state index is 0.609. The monoisotopic (exact) mass is 281 g/mol. The number of hydrogen-bond acceptors (Lipinski definition) is 4. The molecule has 1 aromatic carbocycles. The molecule has 0 spiro atoms. The molecule has 0 atom stereocenters. The number of rotatable bonds is 11. The summed E-state index contributed by atoms with van der Waals surface area (Å²) in [5.74, 6) is 2.17. The highest BCUT2D eigenvalue weighted by Crippen LogP contribution is 2.25. The molecule has 4 heteroatoms. The Morgan fingerprint density at radius 3 is 2.50 bits per heavy atom. The summed E-state index contributed by atoms with van der Waals surface area (Å²) in [6.07, 6.45) is 1.03. The van der Waals surface area contributed by atoms with Crippen molar-refractivity contribution in [1.82, 2.24) is 5.32 Å². The van der Waals surface area contributed by atoms with Gasteiger partial charge < -0.3 is 19.5 Å². The first-order valence-electron chi connectivity index (χ1n) is 7.28. The van der Waals surface area contributed by atoms with Gasteiger partial charge in [-0.05, 0) is 31.0 Å². The largest absolute Gasteiger partial charge is 0.493 e. The van der Waals surface area contributed by atoms with Crippen LogP contribution in [0.3, 0.4) is 0 Å². The molecule has 4 nitrogen and oxygen atoms in total. The molecule has 0 amide bonds. The maximum Gasteiger partial charge on any atom is 0.161 e. The summed E-state index contributed by atoms with van der Waals surface area (Å²) in [6, 6.07) is 7.69. The highest BCUT2D eigenvalue weighted by atomic mass is 16.5. The Morgan fingerprint density at radius 2 is 1.80 bits per heavy atom. The third kappa shape index (κ3) is 7.36. The zero-order valence-electron chi connectivity index (χ0n) is 12.9. The van der Waals surface area contributed by atoms with Crippen molar-refractivity contribution in [3.8, 4) is 11.5 Å². The van der Waals surface area contributed by atoms with E-state index in [1.807, 2.05) is 24.3 Å². The molecule has 0 aliphatic heterocycles. The van der Waals surface area contributed by atoms with E-state index >= 15 is 0 Å². The normalized spacial score (nSPS) is 10.8. The average Bonchev–Trinajstić information content (AvgIpc) is 2.45. The zero-order valence-corrected chi connectivity index (χ0v) is 12.9. The number of hydrogen-bond donors (Lipinski definition) is 1. The predicted octanol–water partition coefficient (Wildman–Crippen LogP) is 2.73. The van der Waals surface area contributed by atoms with Crippen LogP contribution < -0.4 is 14.8 Å². The number of methoxy groups -OCH3 is 1. The molecule has 0 unspecified atom stereocenters. The van der Waals surface area contributed by atoms with Gasteiger partial charge in [-0.3, -0.25) is 0 Å². The number of nitrogens with one attached hydrogen (secondary N) is 1. The van der Waals surface area contributed by atoms with Crippen molar-refractivity contribution in [2.24, 2.45) is 5.92 Å². The van der Waals surface area contributed by atoms with Gasteiger partial charge in [-0.15, -0.1) is 0 Å². The third-order valence-electron chi connectivity index (χ3n) is 2.70. The lowest BCUT2D eigenvalue weighted by Crippen LogP contribution is -2.23. The molecule has 0 aliphatic rings. The molecule has 1 rings (SSSR count). The van der Waals surface area contributed by atoms with Crippen molar-refractivity contribution in [3.05, 3.63) is 24.3 Å². The van der Waals surface area contributed by atoms with Gasteiger partial charge in [-0.25, -0.2) is 0 Å². The quantitative estimate of drug-likeness (QED) is 0.633. The summed E-state index contributed by atoms with van der Waals surface area (Å²) in [5.41, 5.74) is 0. The fourth-order valence-electron chi connectivity index (χ4n) is 1.71. The summed E-state index contributed by atoms with van der Waals surface area (Å²) < 4.78 is 16.4. The molecule has 114 valence electrons. The fourth-order valence-corrected chi connectivity index (χ4v) is 1.71. The van der Waals surface area contributed by atoms with Gasteiger partial charge in [0.25, 0.3) is 0 Å². The standard InChI is InChI=1S/C16H27NO3/c1-14(2)13-19-11-6-9-17-10-12-20-16-8-5-4-7-15(16)18-3/h4-5,7-8,14,17H,6,9-13H2,1-3H3. The second-order valence-electron chi connectivity index (χ2n) is 5.07. The minimum Gasteiger partial charge on any atom is -0.493 e. The Labute approximate surface area is 122 Å². The number of para-hydroxylation sites is 2. The molecule has 20 heavy (non-hydrogen) atoms. The van der Waals surface area contributed by atoms with E-state index in [0.29, 0.717) is 12.5 Å². The topological polar surface area (TPSA) is 39.7 Å². The van der Waals surface area contributed by atoms with E-state index in [4.69, 9.17) is 14.2 Å². The van der Waals surface area contributed by atoms with Gasteiger partial charge in [0.2, 0.25) is 0 Å². The summed E-state index contributed by atoms with van der Waals surface area (Å²) in [4.78, 5) is 0. The lowest BCUT2D eigenvalue weighted by Gasteiger charge is -2.11. The van der Waals surface area contributed by atoms with Crippen LogP contribution in [0.4, 0.5) is 0 Å². The molecule has 0 bridgehead atoms. The van der Waals surface area contributed by atoms with Crippen molar-refractivity contribution in [2.45, 2.75) is 20.3 Å². The van der Waals surface area contributed by atoms with Gasteiger partial charge >= 0.3 is 0 Å². The fraction of sp³-hybridized carbons (Fsp3) is 0.625. The van der Waals surface area contributed by atoms with E-state index in [1.165, 1.54) is 0 Å². The molecule has 0 aliphatic carbocycles. The molecule has 0 saturated heterocycles. The highest BCUT2D eigenvalue weighted by molar-refractivity contribution is 5.39. The van der Waals surface area contributed by atoms with Gasteiger partial charge in [-0.1, -0.05) is 26.0 Å². The Bertz CT molecular complexity index is 355. The first kappa shape index (κ1) is 16.8. The maximum atomic E-state index is 5.67. The third-order valence-corrected chi connectivity index (χ3v) is 2.70. The van der Waals surface area contributed by atoms with Crippen molar-refractivity contribution in [3.63, 3.8) is 0 Å². The van der Waals surface area contributed by atoms with Crippen LogP contribution >= 0.6 is 0 Å². The van der Waals surface area contributed by atoms with Crippen LogP contribution in [0.25, 0.3) is 0 Å². The summed E-state index contributed by atoms with van der Waals surface area (Å²) in [7, 11) is 1.65. The Balaban J connectivity index is 1.99. The van der Waals surface area contributed by atoms with Crippen LogP contribution in [0.1, 0.15) is 20.3 Å².